The lowest BCUT2D eigenvalue weighted by Crippen LogP contribution is -2.16. The number of hydrogen-bond donors (Lipinski definition) is 1. The zero-order valence-electron chi connectivity index (χ0n) is 13.6. The predicted molar refractivity (Wildman–Crippen MR) is 101 cm³/mol. The molecule has 0 saturated carbocycles. The Bertz CT molecular complexity index is 1070. The summed E-state index contributed by atoms with van der Waals surface area (Å²) in [5.41, 5.74) is 3.91. The van der Waals surface area contributed by atoms with E-state index in [1.165, 1.54) is 33.0 Å². The highest BCUT2D eigenvalue weighted by Crippen LogP contribution is 2.21. The summed E-state index contributed by atoms with van der Waals surface area (Å²) in [5.74, 6) is 0. The highest BCUT2D eigenvalue weighted by molar-refractivity contribution is 7.16. The van der Waals surface area contributed by atoms with Crippen molar-refractivity contribution in [3.8, 4) is 11.1 Å². The molecule has 6 heteroatoms. The first-order chi connectivity index (χ1) is 12.2. The van der Waals surface area contributed by atoms with Crippen LogP contribution in [0.4, 0.5) is 5.69 Å². The fourth-order valence-electron chi connectivity index (χ4n) is 2.65. The first-order valence-electron chi connectivity index (χ1n) is 7.95. The average Bonchev–Trinajstić information content (AvgIpc) is 3.02. The van der Waals surface area contributed by atoms with Crippen LogP contribution in [0.15, 0.2) is 65.5 Å². The van der Waals surface area contributed by atoms with Crippen LogP contribution < -0.4 is 10.9 Å². The standard InChI is InChI=1S/C19H16N4OS/c1-13-22-23-18(24)11-17(21-19(23)25-13)12-20-16-9-7-15(8-10-16)14-5-3-2-4-6-14/h2-11,20H,12H2,1H3. The normalized spacial score (nSPS) is 10.9. The Morgan fingerprint density at radius 3 is 2.52 bits per heavy atom. The molecule has 4 aromatic rings. The summed E-state index contributed by atoms with van der Waals surface area (Å²) in [4.78, 5) is 17.2. The Morgan fingerprint density at radius 2 is 1.76 bits per heavy atom. The minimum absolute atomic E-state index is 0.148. The molecule has 0 fully saturated rings. The minimum Gasteiger partial charge on any atom is -0.379 e. The SMILES string of the molecule is Cc1nn2c(=O)cc(CNc3ccc(-c4ccccc4)cc3)nc2s1. The molecule has 124 valence electrons. The largest absolute Gasteiger partial charge is 0.379 e. The molecule has 0 radical (unpaired) electrons. The maximum atomic E-state index is 12.1. The summed E-state index contributed by atoms with van der Waals surface area (Å²) < 4.78 is 1.35. The molecule has 4 rings (SSSR count). The molecule has 5 nitrogen and oxygen atoms in total. The van der Waals surface area contributed by atoms with Crippen molar-refractivity contribution in [1.82, 2.24) is 14.6 Å². The van der Waals surface area contributed by atoms with Gasteiger partial charge < -0.3 is 5.32 Å². The lowest BCUT2D eigenvalue weighted by Gasteiger charge is -2.07. The van der Waals surface area contributed by atoms with E-state index in [-0.39, 0.29) is 5.56 Å². The predicted octanol–water partition coefficient (Wildman–Crippen LogP) is 3.74. The highest BCUT2D eigenvalue weighted by Gasteiger charge is 2.06. The maximum Gasteiger partial charge on any atom is 0.275 e. The topological polar surface area (TPSA) is 59.3 Å². The molecule has 0 aliphatic carbocycles. The van der Waals surface area contributed by atoms with Crippen molar-refractivity contribution in [2.24, 2.45) is 0 Å². The van der Waals surface area contributed by atoms with Gasteiger partial charge in [0.15, 0.2) is 0 Å². The molecule has 0 atom stereocenters. The van der Waals surface area contributed by atoms with Crippen LogP contribution in [0, 0.1) is 6.92 Å². The Kier molecular flexibility index (Phi) is 4.03. The fraction of sp³-hybridized carbons (Fsp3) is 0.105. The minimum atomic E-state index is -0.148. The number of anilines is 1. The van der Waals surface area contributed by atoms with Gasteiger partial charge in [0, 0.05) is 11.8 Å². The van der Waals surface area contributed by atoms with E-state index in [0.29, 0.717) is 17.2 Å². The third kappa shape index (κ3) is 3.29. The summed E-state index contributed by atoms with van der Waals surface area (Å²) >= 11 is 1.41. The molecule has 25 heavy (non-hydrogen) atoms. The Morgan fingerprint density at radius 1 is 1.04 bits per heavy atom. The molecule has 1 N–H and O–H groups in total. The van der Waals surface area contributed by atoms with Gasteiger partial charge in [-0.3, -0.25) is 4.79 Å². The lowest BCUT2D eigenvalue weighted by atomic mass is 10.1. The van der Waals surface area contributed by atoms with Crippen molar-refractivity contribution in [3.05, 3.63) is 81.7 Å². The molecule has 2 aromatic carbocycles. The van der Waals surface area contributed by atoms with Crippen molar-refractivity contribution in [3.63, 3.8) is 0 Å². The van der Waals surface area contributed by atoms with Gasteiger partial charge in [0.05, 0.1) is 12.2 Å². The zero-order valence-corrected chi connectivity index (χ0v) is 14.5. The fourth-order valence-corrected chi connectivity index (χ4v) is 3.41. The number of nitrogens with zero attached hydrogens (tertiary/aromatic N) is 3. The number of fused-ring (bicyclic) bond motifs is 1. The Labute approximate surface area is 148 Å². The first-order valence-corrected chi connectivity index (χ1v) is 8.76. The van der Waals surface area contributed by atoms with Crippen LogP contribution in [0.25, 0.3) is 16.1 Å². The van der Waals surface area contributed by atoms with E-state index in [1.807, 2.05) is 37.3 Å². The highest BCUT2D eigenvalue weighted by atomic mass is 32.1. The van der Waals surface area contributed by atoms with Crippen LogP contribution in [0.2, 0.25) is 0 Å². The molecule has 2 heterocycles. The average molecular weight is 348 g/mol. The van der Waals surface area contributed by atoms with E-state index in [4.69, 9.17) is 0 Å². The number of hydrogen-bond acceptors (Lipinski definition) is 5. The van der Waals surface area contributed by atoms with Crippen molar-refractivity contribution in [1.29, 1.82) is 0 Å². The second-order valence-electron chi connectivity index (χ2n) is 5.70. The molecule has 0 aliphatic rings. The summed E-state index contributed by atoms with van der Waals surface area (Å²) in [6.45, 7) is 2.36. The van der Waals surface area contributed by atoms with E-state index >= 15 is 0 Å². The Hall–Kier alpha value is -2.99. The van der Waals surface area contributed by atoms with Crippen molar-refractivity contribution in [2.45, 2.75) is 13.5 Å². The van der Waals surface area contributed by atoms with E-state index in [2.05, 4.69) is 39.7 Å². The molecular formula is C19H16N4OS. The van der Waals surface area contributed by atoms with Crippen LogP contribution in [0.5, 0.6) is 0 Å². The lowest BCUT2D eigenvalue weighted by molar-refractivity contribution is 0.863. The Balaban J connectivity index is 1.51. The molecule has 2 aromatic heterocycles. The monoisotopic (exact) mass is 348 g/mol. The maximum absolute atomic E-state index is 12.1. The van der Waals surface area contributed by atoms with E-state index in [1.54, 1.807) is 0 Å². The van der Waals surface area contributed by atoms with Gasteiger partial charge in [-0.2, -0.15) is 9.61 Å². The summed E-state index contributed by atoms with van der Waals surface area (Å²) in [6.07, 6.45) is 0. The zero-order chi connectivity index (χ0) is 17.2. The van der Waals surface area contributed by atoms with Crippen molar-refractivity contribution in [2.75, 3.05) is 5.32 Å². The third-order valence-electron chi connectivity index (χ3n) is 3.86. The second-order valence-corrected chi connectivity index (χ2v) is 6.86. The number of aryl methyl sites for hydroxylation is 1. The molecule has 0 aliphatic heterocycles. The third-order valence-corrected chi connectivity index (χ3v) is 4.69. The summed E-state index contributed by atoms with van der Waals surface area (Å²) in [5, 5.41) is 8.29. The number of nitrogens with one attached hydrogen (secondary N) is 1. The van der Waals surface area contributed by atoms with E-state index < -0.39 is 0 Å². The summed E-state index contributed by atoms with van der Waals surface area (Å²) in [7, 11) is 0. The van der Waals surface area contributed by atoms with Gasteiger partial charge in [-0.15, -0.1) is 0 Å². The van der Waals surface area contributed by atoms with Crippen LogP contribution in [0.3, 0.4) is 0 Å². The number of aromatic nitrogens is 3. The van der Waals surface area contributed by atoms with Gasteiger partial charge in [0.2, 0.25) is 4.96 Å². The van der Waals surface area contributed by atoms with Gasteiger partial charge in [0.1, 0.15) is 5.01 Å². The summed E-state index contributed by atoms with van der Waals surface area (Å²) in [6, 6.07) is 20.0. The first kappa shape index (κ1) is 15.5. The van der Waals surface area contributed by atoms with E-state index in [0.717, 1.165) is 10.7 Å². The van der Waals surface area contributed by atoms with Gasteiger partial charge in [-0.1, -0.05) is 53.8 Å². The molecule has 0 bridgehead atoms. The van der Waals surface area contributed by atoms with Crippen molar-refractivity contribution >= 4 is 22.0 Å². The smallest absolute Gasteiger partial charge is 0.275 e. The van der Waals surface area contributed by atoms with E-state index in [9.17, 15) is 4.79 Å². The molecular weight excluding hydrogens is 332 g/mol. The van der Waals surface area contributed by atoms with Crippen LogP contribution in [-0.4, -0.2) is 14.6 Å². The van der Waals surface area contributed by atoms with Gasteiger partial charge in [-0.25, -0.2) is 4.98 Å². The van der Waals surface area contributed by atoms with Crippen molar-refractivity contribution < 1.29 is 0 Å². The molecule has 0 saturated heterocycles. The van der Waals surface area contributed by atoms with Crippen LogP contribution in [-0.2, 0) is 6.54 Å². The van der Waals surface area contributed by atoms with Gasteiger partial charge in [0.25, 0.3) is 5.56 Å². The molecule has 0 unspecified atom stereocenters. The molecule has 0 amide bonds. The quantitative estimate of drug-likeness (QED) is 0.610. The number of rotatable bonds is 4. The van der Waals surface area contributed by atoms with Gasteiger partial charge >= 0.3 is 0 Å². The van der Waals surface area contributed by atoms with Crippen LogP contribution >= 0.6 is 11.3 Å². The number of benzene rings is 2. The van der Waals surface area contributed by atoms with Crippen LogP contribution in [0.1, 0.15) is 10.7 Å². The van der Waals surface area contributed by atoms with Gasteiger partial charge in [-0.05, 0) is 30.2 Å². The molecule has 0 spiro atoms. The second kappa shape index (κ2) is 6.49.